The van der Waals surface area contributed by atoms with Crippen LogP contribution in [0.5, 0.6) is 0 Å². The lowest BCUT2D eigenvalue weighted by Crippen LogP contribution is -3.15. The van der Waals surface area contributed by atoms with Gasteiger partial charge in [0.15, 0.2) is 6.54 Å². The molecule has 2 aliphatic rings. The van der Waals surface area contributed by atoms with Gasteiger partial charge in [-0.15, -0.1) is 11.3 Å². The van der Waals surface area contributed by atoms with Gasteiger partial charge in [-0.25, -0.2) is 9.97 Å². The summed E-state index contributed by atoms with van der Waals surface area (Å²) in [4.78, 5) is 28.2. The number of aromatic nitrogens is 2. The quantitative estimate of drug-likeness (QED) is 0.661. The van der Waals surface area contributed by atoms with Crippen LogP contribution in [0.15, 0.2) is 30.6 Å². The lowest BCUT2D eigenvalue weighted by molar-refractivity contribution is -0.892. The van der Waals surface area contributed by atoms with Gasteiger partial charge in [-0.1, -0.05) is 25.1 Å². The average molecular weight is 423 g/mol. The first-order valence-electron chi connectivity index (χ1n) is 10.9. The molecule has 7 heteroatoms. The Labute approximate surface area is 180 Å². The predicted octanol–water partition coefficient (Wildman–Crippen LogP) is 2.09. The van der Waals surface area contributed by atoms with Crippen molar-refractivity contribution in [2.45, 2.75) is 32.6 Å². The third-order valence-corrected chi connectivity index (χ3v) is 7.53. The van der Waals surface area contributed by atoms with Crippen LogP contribution in [0.3, 0.4) is 0 Å². The first kappa shape index (κ1) is 19.5. The second kappa shape index (κ2) is 8.32. The number of benzene rings is 1. The van der Waals surface area contributed by atoms with E-state index in [1.54, 1.807) is 6.33 Å². The van der Waals surface area contributed by atoms with Gasteiger partial charge in [0.1, 0.15) is 17.0 Å². The summed E-state index contributed by atoms with van der Waals surface area (Å²) in [5, 5.41) is 4.39. The smallest absolute Gasteiger partial charge is 0.279 e. The van der Waals surface area contributed by atoms with Crippen LogP contribution in [0.2, 0.25) is 0 Å². The molecule has 1 aliphatic heterocycles. The molecule has 1 aliphatic carbocycles. The number of amides is 1. The number of thiophene rings is 1. The molecule has 0 unspecified atom stereocenters. The highest BCUT2D eigenvalue weighted by Gasteiger charge is 2.27. The molecule has 0 saturated carbocycles. The minimum Gasteiger partial charge on any atom is -0.345 e. The number of carbonyl (C=O) groups excluding carboxylic acids is 1. The maximum absolute atomic E-state index is 12.6. The Morgan fingerprint density at radius 2 is 2.03 bits per heavy atom. The number of quaternary nitrogens is 1. The van der Waals surface area contributed by atoms with E-state index in [-0.39, 0.29) is 5.91 Å². The van der Waals surface area contributed by atoms with E-state index in [1.165, 1.54) is 39.1 Å². The maximum Gasteiger partial charge on any atom is 0.279 e. The zero-order chi connectivity index (χ0) is 20.5. The number of carbonyl (C=O) groups is 1. The van der Waals surface area contributed by atoms with Crippen LogP contribution < -0.4 is 15.1 Å². The minimum atomic E-state index is 0.0967. The molecule has 0 spiro atoms. The molecule has 1 fully saturated rings. The van der Waals surface area contributed by atoms with E-state index < -0.39 is 0 Å². The van der Waals surface area contributed by atoms with E-state index in [0.717, 1.165) is 55.4 Å². The Hall–Kier alpha value is -2.51. The largest absolute Gasteiger partial charge is 0.345 e. The van der Waals surface area contributed by atoms with Crippen LogP contribution in [0.4, 0.5) is 11.5 Å². The predicted molar refractivity (Wildman–Crippen MR) is 122 cm³/mol. The summed E-state index contributed by atoms with van der Waals surface area (Å²) in [6.07, 6.45) is 6.22. The number of nitrogens with zero attached hydrogens (tertiary/aromatic N) is 3. The number of piperazine rings is 1. The van der Waals surface area contributed by atoms with Crippen LogP contribution in [0.25, 0.3) is 10.2 Å². The SMILES string of the molecule is CCc1ccccc1NC(=O)C[NH+]1CCN(c2ncnc3sc4c(c23)CCC4)CC1. The van der Waals surface area contributed by atoms with Gasteiger partial charge in [-0.2, -0.15) is 0 Å². The normalized spacial score (nSPS) is 16.8. The van der Waals surface area contributed by atoms with E-state index >= 15 is 0 Å². The van der Waals surface area contributed by atoms with Crippen molar-refractivity contribution < 1.29 is 9.69 Å². The number of anilines is 2. The van der Waals surface area contributed by atoms with E-state index in [9.17, 15) is 4.79 Å². The summed E-state index contributed by atoms with van der Waals surface area (Å²) in [5.41, 5.74) is 3.61. The molecule has 1 saturated heterocycles. The van der Waals surface area contributed by atoms with E-state index in [1.807, 2.05) is 29.5 Å². The molecular weight excluding hydrogens is 394 g/mol. The van der Waals surface area contributed by atoms with E-state index in [0.29, 0.717) is 6.54 Å². The first-order chi connectivity index (χ1) is 14.7. The Balaban J connectivity index is 1.23. The number of fused-ring (bicyclic) bond motifs is 3. The number of hydrogen-bond donors (Lipinski definition) is 2. The van der Waals surface area contributed by atoms with Crippen molar-refractivity contribution in [1.29, 1.82) is 0 Å². The van der Waals surface area contributed by atoms with Crippen LogP contribution in [0.1, 0.15) is 29.3 Å². The zero-order valence-electron chi connectivity index (χ0n) is 17.4. The second-order valence-corrected chi connectivity index (χ2v) is 9.29. The molecule has 2 aromatic heterocycles. The lowest BCUT2D eigenvalue weighted by atomic mass is 10.1. The highest BCUT2D eigenvalue weighted by Crippen LogP contribution is 2.40. The fourth-order valence-corrected chi connectivity index (χ4v) is 5.96. The minimum absolute atomic E-state index is 0.0967. The summed E-state index contributed by atoms with van der Waals surface area (Å²) >= 11 is 1.84. The highest BCUT2D eigenvalue weighted by atomic mass is 32.1. The van der Waals surface area contributed by atoms with Gasteiger partial charge in [-0.3, -0.25) is 4.79 Å². The van der Waals surface area contributed by atoms with Crippen molar-refractivity contribution in [1.82, 2.24) is 9.97 Å². The third kappa shape index (κ3) is 3.68. The third-order valence-electron chi connectivity index (χ3n) is 6.33. The summed E-state index contributed by atoms with van der Waals surface area (Å²) in [6, 6.07) is 8.06. The number of hydrogen-bond acceptors (Lipinski definition) is 5. The molecular formula is C23H28N5OS+. The summed E-state index contributed by atoms with van der Waals surface area (Å²) in [5.74, 6) is 1.19. The second-order valence-electron chi connectivity index (χ2n) is 8.21. The standard InChI is InChI=1S/C23H27N5OS/c1-2-16-6-3-4-8-18(16)26-20(29)14-27-10-12-28(13-11-27)22-21-17-7-5-9-19(17)30-23(21)25-15-24-22/h3-4,6,8,15H,2,5,7,9-14H2,1H3,(H,26,29)/p+1. The maximum atomic E-state index is 12.6. The Morgan fingerprint density at radius 1 is 1.20 bits per heavy atom. The molecule has 3 aromatic rings. The van der Waals surface area contributed by atoms with Gasteiger partial charge in [-0.05, 0) is 42.9 Å². The molecule has 3 heterocycles. The number of para-hydroxylation sites is 1. The average Bonchev–Trinajstić information content (AvgIpc) is 3.36. The molecule has 1 aromatic carbocycles. The van der Waals surface area contributed by atoms with Crippen LogP contribution in [-0.2, 0) is 24.1 Å². The van der Waals surface area contributed by atoms with Crippen LogP contribution >= 0.6 is 11.3 Å². The van der Waals surface area contributed by atoms with Crippen molar-refractivity contribution >= 4 is 39.0 Å². The van der Waals surface area contributed by atoms with Gasteiger partial charge in [0.2, 0.25) is 0 Å². The van der Waals surface area contributed by atoms with Gasteiger partial charge >= 0.3 is 0 Å². The van der Waals surface area contributed by atoms with Crippen molar-refractivity contribution in [3.8, 4) is 0 Å². The molecule has 0 bridgehead atoms. The number of nitrogens with one attached hydrogen (secondary N) is 2. The van der Waals surface area contributed by atoms with Gasteiger partial charge in [0, 0.05) is 10.6 Å². The first-order valence-corrected chi connectivity index (χ1v) is 11.8. The van der Waals surface area contributed by atoms with Crippen LogP contribution in [0, 0.1) is 0 Å². The summed E-state index contributed by atoms with van der Waals surface area (Å²) in [6.45, 7) is 6.36. The fraction of sp³-hybridized carbons (Fsp3) is 0.435. The van der Waals surface area contributed by atoms with Crippen molar-refractivity contribution in [3.63, 3.8) is 0 Å². The van der Waals surface area contributed by atoms with Crippen molar-refractivity contribution in [3.05, 3.63) is 46.6 Å². The number of rotatable bonds is 5. The molecule has 156 valence electrons. The molecule has 6 nitrogen and oxygen atoms in total. The zero-order valence-corrected chi connectivity index (χ0v) is 18.2. The van der Waals surface area contributed by atoms with E-state index in [2.05, 4.69) is 33.2 Å². The molecule has 0 atom stereocenters. The van der Waals surface area contributed by atoms with Gasteiger partial charge in [0.25, 0.3) is 5.91 Å². The molecule has 30 heavy (non-hydrogen) atoms. The molecule has 0 radical (unpaired) electrons. The molecule has 2 N–H and O–H groups in total. The van der Waals surface area contributed by atoms with Gasteiger partial charge in [0.05, 0.1) is 31.6 Å². The Morgan fingerprint density at radius 3 is 2.87 bits per heavy atom. The summed E-state index contributed by atoms with van der Waals surface area (Å²) in [7, 11) is 0. The molecule has 5 rings (SSSR count). The lowest BCUT2D eigenvalue weighted by Gasteiger charge is -2.33. The highest BCUT2D eigenvalue weighted by molar-refractivity contribution is 7.19. The summed E-state index contributed by atoms with van der Waals surface area (Å²) < 4.78 is 0. The van der Waals surface area contributed by atoms with E-state index in [4.69, 9.17) is 0 Å². The number of aryl methyl sites for hydroxylation is 3. The van der Waals surface area contributed by atoms with Crippen molar-refractivity contribution in [2.75, 3.05) is 42.9 Å². The monoisotopic (exact) mass is 422 g/mol. The molecule has 1 amide bonds. The topological polar surface area (TPSA) is 62.6 Å². The Kier molecular flexibility index (Phi) is 5.39. The van der Waals surface area contributed by atoms with Gasteiger partial charge < -0.3 is 15.1 Å². The van der Waals surface area contributed by atoms with Crippen molar-refractivity contribution in [2.24, 2.45) is 0 Å². The van der Waals surface area contributed by atoms with Crippen LogP contribution in [-0.4, -0.2) is 48.6 Å². The fourth-order valence-electron chi connectivity index (χ4n) is 4.74. The Bertz CT molecular complexity index is 1070.